The lowest BCUT2D eigenvalue weighted by molar-refractivity contribution is -0.149. The maximum Gasteiger partial charge on any atom is 0.309 e. The van der Waals surface area contributed by atoms with Gasteiger partial charge in [-0.2, -0.15) is 0 Å². The number of hydrogen-bond donors (Lipinski definition) is 2. The molecule has 0 saturated heterocycles. The van der Waals surface area contributed by atoms with Crippen LogP contribution in [0, 0.1) is 5.92 Å². The van der Waals surface area contributed by atoms with Gasteiger partial charge in [0.1, 0.15) is 0 Å². The molecule has 27 heavy (non-hydrogen) atoms. The maximum absolute atomic E-state index is 11.9. The topological polar surface area (TPSA) is 66.8 Å². The highest BCUT2D eigenvalue weighted by Gasteiger charge is 2.22. The van der Waals surface area contributed by atoms with Crippen molar-refractivity contribution < 1.29 is 19.7 Å². The molecule has 0 fully saturated rings. The third kappa shape index (κ3) is 17.2. The standard InChI is InChI=1S/C23H46O4/c1-3-5-6-7-8-9-10-11-12-13-14-15-16-17-18-21(19-22(25)20-24)23(26)27-4-2/h21-22,24-25H,3-20H2,1-2H3. The molecule has 2 N–H and O–H groups in total. The zero-order chi connectivity index (χ0) is 20.2. The SMILES string of the molecule is CCCCCCCCCCCCCCCCC(CC(O)CO)C(=O)OCC. The maximum atomic E-state index is 11.9. The zero-order valence-electron chi connectivity index (χ0n) is 18.1. The molecular weight excluding hydrogens is 340 g/mol. The fraction of sp³-hybridized carbons (Fsp3) is 0.957. The molecule has 162 valence electrons. The lowest BCUT2D eigenvalue weighted by Crippen LogP contribution is -2.25. The number of carbonyl (C=O) groups excluding carboxylic acids is 1. The van der Waals surface area contributed by atoms with Crippen LogP contribution < -0.4 is 0 Å². The zero-order valence-corrected chi connectivity index (χ0v) is 18.1. The van der Waals surface area contributed by atoms with Crippen molar-refractivity contribution in [2.75, 3.05) is 13.2 Å². The normalized spacial score (nSPS) is 13.5. The van der Waals surface area contributed by atoms with Crippen LogP contribution in [0.15, 0.2) is 0 Å². The number of aliphatic hydroxyl groups excluding tert-OH is 2. The Labute approximate surface area is 168 Å². The van der Waals surface area contributed by atoms with E-state index in [4.69, 9.17) is 9.84 Å². The Balaban J connectivity index is 3.54. The number of unbranched alkanes of at least 4 members (excludes halogenated alkanes) is 13. The van der Waals surface area contributed by atoms with Crippen molar-refractivity contribution >= 4 is 5.97 Å². The predicted molar refractivity (Wildman–Crippen MR) is 113 cm³/mol. The Kier molecular flexibility index (Phi) is 19.7. The van der Waals surface area contributed by atoms with Crippen molar-refractivity contribution in [2.45, 2.75) is 123 Å². The molecule has 0 aromatic carbocycles. The van der Waals surface area contributed by atoms with Crippen LogP contribution in [0.2, 0.25) is 0 Å². The van der Waals surface area contributed by atoms with Gasteiger partial charge in [-0.25, -0.2) is 0 Å². The smallest absolute Gasteiger partial charge is 0.309 e. The van der Waals surface area contributed by atoms with E-state index in [9.17, 15) is 9.90 Å². The van der Waals surface area contributed by atoms with E-state index in [1.807, 2.05) is 0 Å². The minimum atomic E-state index is -0.828. The molecule has 0 aliphatic rings. The number of aliphatic hydroxyl groups is 2. The van der Waals surface area contributed by atoms with Gasteiger partial charge in [0.2, 0.25) is 0 Å². The van der Waals surface area contributed by atoms with Crippen LogP contribution in [0.4, 0.5) is 0 Å². The Bertz CT molecular complexity index is 320. The van der Waals surface area contributed by atoms with Crippen LogP contribution in [0.1, 0.15) is 117 Å². The van der Waals surface area contributed by atoms with Crippen molar-refractivity contribution in [1.82, 2.24) is 0 Å². The van der Waals surface area contributed by atoms with Gasteiger partial charge >= 0.3 is 5.97 Å². The fourth-order valence-electron chi connectivity index (χ4n) is 3.58. The molecule has 0 saturated carbocycles. The van der Waals surface area contributed by atoms with E-state index in [2.05, 4.69) is 6.92 Å². The monoisotopic (exact) mass is 386 g/mol. The summed E-state index contributed by atoms with van der Waals surface area (Å²) in [5.74, 6) is -0.524. The van der Waals surface area contributed by atoms with Crippen molar-refractivity contribution in [3.8, 4) is 0 Å². The third-order valence-corrected chi connectivity index (χ3v) is 5.29. The van der Waals surface area contributed by atoms with E-state index in [1.54, 1.807) is 6.92 Å². The predicted octanol–water partition coefficient (Wildman–Crippen LogP) is 5.78. The van der Waals surface area contributed by atoms with E-state index in [0.29, 0.717) is 13.0 Å². The molecule has 4 nitrogen and oxygen atoms in total. The van der Waals surface area contributed by atoms with Crippen LogP contribution in [0.5, 0.6) is 0 Å². The Morgan fingerprint density at radius 3 is 1.63 bits per heavy atom. The summed E-state index contributed by atoms with van der Waals surface area (Å²) in [6, 6.07) is 0. The van der Waals surface area contributed by atoms with Gasteiger partial charge in [0.15, 0.2) is 0 Å². The van der Waals surface area contributed by atoms with E-state index in [0.717, 1.165) is 19.3 Å². The van der Waals surface area contributed by atoms with Gasteiger partial charge in [0.05, 0.1) is 25.2 Å². The van der Waals surface area contributed by atoms with E-state index < -0.39 is 6.10 Å². The van der Waals surface area contributed by atoms with Gasteiger partial charge in [-0.3, -0.25) is 4.79 Å². The van der Waals surface area contributed by atoms with Crippen molar-refractivity contribution in [1.29, 1.82) is 0 Å². The number of hydrogen-bond acceptors (Lipinski definition) is 4. The second-order valence-corrected chi connectivity index (χ2v) is 7.91. The largest absolute Gasteiger partial charge is 0.466 e. The lowest BCUT2D eigenvalue weighted by atomic mass is 9.94. The fourth-order valence-corrected chi connectivity index (χ4v) is 3.58. The molecular formula is C23H46O4. The van der Waals surface area contributed by atoms with Crippen LogP contribution in [-0.2, 0) is 9.53 Å². The summed E-state index contributed by atoms with van der Waals surface area (Å²) in [5.41, 5.74) is 0. The van der Waals surface area contributed by atoms with Crippen molar-refractivity contribution in [3.63, 3.8) is 0 Å². The van der Waals surface area contributed by atoms with Gasteiger partial charge in [-0.15, -0.1) is 0 Å². The van der Waals surface area contributed by atoms with E-state index in [1.165, 1.54) is 77.0 Å². The summed E-state index contributed by atoms with van der Waals surface area (Å²) >= 11 is 0. The Morgan fingerprint density at radius 1 is 0.778 bits per heavy atom. The van der Waals surface area contributed by atoms with Gasteiger partial charge in [0.25, 0.3) is 0 Å². The Morgan fingerprint density at radius 2 is 1.22 bits per heavy atom. The van der Waals surface area contributed by atoms with Gasteiger partial charge < -0.3 is 14.9 Å². The molecule has 2 unspecified atom stereocenters. The highest BCUT2D eigenvalue weighted by atomic mass is 16.5. The van der Waals surface area contributed by atoms with Crippen molar-refractivity contribution in [3.05, 3.63) is 0 Å². The second-order valence-electron chi connectivity index (χ2n) is 7.91. The number of ether oxygens (including phenoxy) is 1. The molecule has 0 amide bonds. The molecule has 0 aromatic rings. The van der Waals surface area contributed by atoms with Crippen molar-refractivity contribution in [2.24, 2.45) is 5.92 Å². The summed E-state index contributed by atoms with van der Waals surface area (Å²) in [4.78, 5) is 11.9. The molecule has 0 radical (unpaired) electrons. The van der Waals surface area contributed by atoms with Crippen LogP contribution >= 0.6 is 0 Å². The highest BCUT2D eigenvalue weighted by Crippen LogP contribution is 2.19. The van der Waals surface area contributed by atoms with Crippen LogP contribution in [0.3, 0.4) is 0 Å². The molecule has 0 heterocycles. The first-order valence-corrected chi connectivity index (χ1v) is 11.6. The molecule has 0 spiro atoms. The summed E-state index contributed by atoms with van der Waals surface area (Å²) in [6.45, 7) is 4.13. The molecule has 4 heteroatoms. The average Bonchev–Trinajstić information content (AvgIpc) is 2.67. The molecule has 0 bridgehead atoms. The highest BCUT2D eigenvalue weighted by molar-refractivity contribution is 5.72. The lowest BCUT2D eigenvalue weighted by Gasteiger charge is -2.17. The number of esters is 1. The van der Waals surface area contributed by atoms with Crippen LogP contribution in [-0.4, -0.2) is 35.5 Å². The number of carbonyl (C=O) groups is 1. The quantitative estimate of drug-likeness (QED) is 0.205. The summed E-state index contributed by atoms with van der Waals surface area (Å²) < 4.78 is 5.09. The summed E-state index contributed by atoms with van der Waals surface area (Å²) in [6.07, 6.45) is 18.6. The van der Waals surface area contributed by atoms with Gasteiger partial charge in [-0.05, 0) is 19.8 Å². The van der Waals surface area contributed by atoms with E-state index in [-0.39, 0.29) is 18.5 Å². The van der Waals surface area contributed by atoms with Gasteiger partial charge in [0, 0.05) is 0 Å². The molecule has 0 aliphatic carbocycles. The number of rotatable bonds is 20. The second kappa shape index (κ2) is 20.1. The Hall–Kier alpha value is -0.610. The minimum Gasteiger partial charge on any atom is -0.466 e. The van der Waals surface area contributed by atoms with E-state index >= 15 is 0 Å². The molecule has 0 rings (SSSR count). The molecule has 0 aromatic heterocycles. The average molecular weight is 387 g/mol. The third-order valence-electron chi connectivity index (χ3n) is 5.29. The molecule has 2 atom stereocenters. The first-order chi connectivity index (χ1) is 13.2. The minimum absolute atomic E-state index is 0.236. The summed E-state index contributed by atoms with van der Waals surface area (Å²) in [7, 11) is 0. The molecule has 0 aliphatic heterocycles. The van der Waals surface area contributed by atoms with Gasteiger partial charge in [-0.1, -0.05) is 96.8 Å². The first-order valence-electron chi connectivity index (χ1n) is 11.6. The van der Waals surface area contributed by atoms with Crippen LogP contribution in [0.25, 0.3) is 0 Å². The summed E-state index contributed by atoms with van der Waals surface area (Å²) in [5, 5.41) is 18.6. The first kappa shape index (κ1) is 26.4.